The molecule has 87 heavy (non-hydrogen) atoms. The maximum absolute atomic E-state index is 15.6. The van der Waals surface area contributed by atoms with Crippen molar-refractivity contribution in [3.8, 4) is 0 Å². The lowest BCUT2D eigenvalue weighted by molar-refractivity contribution is -0.146. The summed E-state index contributed by atoms with van der Waals surface area (Å²) < 4.78 is 54.6. The Hall–Kier alpha value is -7.73. The average Bonchev–Trinajstić information content (AvgIpc) is 2.09. The number of anilines is 4. The van der Waals surface area contributed by atoms with Crippen LogP contribution in [0.4, 0.5) is 22.7 Å². The highest BCUT2D eigenvalue weighted by atomic mass is 31.2. The molecule has 462 valence electrons. The first-order valence-corrected chi connectivity index (χ1v) is 33.9. The minimum absolute atomic E-state index is 0.0881. The molecule has 2 aliphatic heterocycles. The molecule has 0 aliphatic carbocycles. The zero-order valence-corrected chi connectivity index (χ0v) is 53.4. The normalized spacial score (nSPS) is 15.1. The predicted molar refractivity (Wildman–Crippen MR) is 358 cm³/mol. The Bertz CT molecular complexity index is 3120. The lowest BCUT2D eigenvalue weighted by Crippen LogP contribution is -2.42. The summed E-state index contributed by atoms with van der Waals surface area (Å²) in [4.78, 5) is 38.6. The highest BCUT2D eigenvalue weighted by Crippen LogP contribution is 2.68. The van der Waals surface area contributed by atoms with Crippen molar-refractivity contribution >= 4 is 55.5 Å². The minimum Gasteiger partial charge on any atom is -0.466 e. The van der Waals surface area contributed by atoms with E-state index in [9.17, 15) is 14.4 Å². The van der Waals surface area contributed by atoms with E-state index in [1.165, 1.54) is 12.8 Å². The Morgan fingerprint density at radius 3 is 1.22 bits per heavy atom. The second-order valence-corrected chi connectivity index (χ2v) is 26.1. The topological polar surface area (TPSA) is 164 Å². The molecule has 2 aliphatic rings. The molecule has 0 radical (unpaired) electrons. The van der Waals surface area contributed by atoms with Gasteiger partial charge in [-0.2, -0.15) is 0 Å². The van der Waals surface area contributed by atoms with Gasteiger partial charge < -0.3 is 43.9 Å². The zero-order valence-electron chi connectivity index (χ0n) is 51.6. The number of hydrogen-bond acceptors (Lipinski definition) is 10. The molecule has 3 N–H and O–H groups in total. The Balaban J connectivity index is 0.000000215. The first kappa shape index (κ1) is 68.4. The van der Waals surface area contributed by atoms with Gasteiger partial charge in [0.25, 0.3) is 14.9 Å². The first-order valence-electron chi connectivity index (χ1n) is 30.7. The number of ether oxygens (including phenoxy) is 3. The fraction of sp³-hybridized carbons (Fsp3) is 0.338. The van der Waals surface area contributed by atoms with Crippen LogP contribution in [0.1, 0.15) is 102 Å². The van der Waals surface area contributed by atoms with Crippen molar-refractivity contribution in [3.05, 3.63) is 241 Å². The number of rotatable bonds is 24. The minimum atomic E-state index is -3.45. The lowest BCUT2D eigenvalue weighted by Gasteiger charge is -2.40. The molecule has 4 atom stereocenters. The molecule has 2 fully saturated rings. The van der Waals surface area contributed by atoms with Crippen LogP contribution >= 0.6 is 14.9 Å². The molecule has 2 heterocycles. The summed E-state index contributed by atoms with van der Waals surface area (Å²) in [7, 11) is -6.82. The third-order valence-corrected chi connectivity index (χ3v) is 21.7. The molecule has 4 unspecified atom stereocenters. The molecule has 0 bridgehead atoms. The molecule has 14 nitrogen and oxygen atoms in total. The maximum atomic E-state index is 15.6. The van der Waals surface area contributed by atoms with Crippen LogP contribution in [-0.4, -0.2) is 89.2 Å². The third kappa shape index (κ3) is 17.7. The van der Waals surface area contributed by atoms with E-state index in [0.717, 1.165) is 58.8 Å². The predicted octanol–water partition coefficient (Wildman–Crippen LogP) is 15.5. The molecule has 7 aromatic rings. The van der Waals surface area contributed by atoms with Crippen molar-refractivity contribution in [3.63, 3.8) is 0 Å². The van der Waals surface area contributed by atoms with Gasteiger partial charge in [0.2, 0.25) is 0 Å². The summed E-state index contributed by atoms with van der Waals surface area (Å²) in [5.41, 5.74) is 10.4. The lowest BCUT2D eigenvalue weighted by atomic mass is 9.93. The van der Waals surface area contributed by atoms with Gasteiger partial charge in [-0.05, 0) is 106 Å². The smallest absolute Gasteiger partial charge is 0.318 e. The van der Waals surface area contributed by atoms with Crippen LogP contribution < -0.4 is 29.7 Å². The van der Waals surface area contributed by atoms with Gasteiger partial charge in [-0.15, -0.1) is 0 Å². The number of para-hydroxylation sites is 4. The Morgan fingerprint density at radius 1 is 0.483 bits per heavy atom. The van der Waals surface area contributed by atoms with E-state index < -0.39 is 38.4 Å². The quantitative estimate of drug-likeness (QED) is 0.0254. The Kier molecular flexibility index (Phi) is 28.1. The monoisotopic (exact) mass is 1220 g/mol. The van der Waals surface area contributed by atoms with Crippen LogP contribution in [0, 0.1) is 0 Å². The molecule has 0 aromatic heterocycles. The van der Waals surface area contributed by atoms with Gasteiger partial charge in [-0.3, -0.25) is 23.5 Å². The standard InChI is InChI=1S/C28H34N3O3P.C26H27N2O3P.C15H22O2.C2H7N/c1-3-29-22-26(27(28(32)34-4-2)23-14-8-5-9-15-23)35(33)30(24-16-10-6-11-17-24)20-21-31(35)25-18-12-7-13-19-25;1-3-31-26(29)25(22-13-7-4-8-14-22)21(2)32(30)27(23-15-9-5-10-16-23)19-20-28(32)24-17-11-6-12-18-24;1-3-5-7-12-14(15(16)17-4-2)13-10-8-6-9-11-13;1-2-3/h5-19,26-27,29H,3-4,20-22H2,1-2H3;4-18,25H,2-3,19-20H2,1H3;6,8-11,14H,3-5,7,12H2,1-2H3;2-3H2,1H3. The highest BCUT2D eigenvalue weighted by Gasteiger charge is 2.54. The number of nitrogens with zero attached hydrogens (tertiary/aromatic N) is 4. The highest BCUT2D eigenvalue weighted by molar-refractivity contribution is 7.71. The molecule has 0 saturated carbocycles. The Labute approximate surface area is 517 Å². The fourth-order valence-corrected chi connectivity index (χ4v) is 17.8. The summed E-state index contributed by atoms with van der Waals surface area (Å²) in [6, 6.07) is 67.9. The van der Waals surface area contributed by atoms with Gasteiger partial charge in [0, 0.05) is 60.8 Å². The van der Waals surface area contributed by atoms with E-state index in [1.807, 2.05) is 259 Å². The number of carbonyl (C=O) groups is 3. The molecule has 9 rings (SSSR count). The number of benzene rings is 7. The first-order chi connectivity index (χ1) is 42.4. The van der Waals surface area contributed by atoms with Crippen molar-refractivity contribution < 1.29 is 37.7 Å². The van der Waals surface area contributed by atoms with Crippen molar-refractivity contribution in [2.24, 2.45) is 5.73 Å². The number of carbonyl (C=O) groups excluding carboxylic acids is 3. The van der Waals surface area contributed by atoms with Crippen LogP contribution in [0.2, 0.25) is 0 Å². The SMILES string of the molecule is C=C(C(C(=O)OCC)c1ccccc1)P1(=O)N(c2ccccc2)CCN1c1ccccc1.CCCCCC(C(=O)OCC)c1ccccc1.CCN.CCNCC(C(C(=O)OCC)c1ccccc1)P1(=O)N(c2ccccc2)CCN1c1ccccc1. The van der Waals surface area contributed by atoms with Gasteiger partial charge in [-0.1, -0.05) is 210 Å². The van der Waals surface area contributed by atoms with Crippen LogP contribution in [0.5, 0.6) is 0 Å². The van der Waals surface area contributed by atoms with Crippen LogP contribution in [0.15, 0.2) is 224 Å². The number of unbranched alkanes of at least 4 members (excludes halogenated alkanes) is 2. The van der Waals surface area contributed by atoms with E-state index in [0.29, 0.717) is 51.2 Å². The van der Waals surface area contributed by atoms with Gasteiger partial charge in [0.05, 0.1) is 37.3 Å². The van der Waals surface area contributed by atoms with Crippen molar-refractivity contribution in [1.82, 2.24) is 5.32 Å². The molecule has 16 heteroatoms. The maximum Gasteiger partial charge on any atom is 0.318 e. The van der Waals surface area contributed by atoms with E-state index in [2.05, 4.69) is 18.8 Å². The van der Waals surface area contributed by atoms with Gasteiger partial charge in [0.1, 0.15) is 5.92 Å². The van der Waals surface area contributed by atoms with E-state index in [-0.39, 0.29) is 31.1 Å². The molecular weight excluding hydrogens is 1130 g/mol. The third-order valence-electron chi connectivity index (χ3n) is 15.0. The summed E-state index contributed by atoms with van der Waals surface area (Å²) in [6.07, 6.45) is 4.30. The van der Waals surface area contributed by atoms with Crippen molar-refractivity contribution in [2.75, 3.05) is 84.3 Å². The largest absolute Gasteiger partial charge is 0.466 e. The number of nitrogens with one attached hydrogen (secondary N) is 1. The second kappa shape index (κ2) is 35.8. The van der Waals surface area contributed by atoms with E-state index >= 15 is 9.13 Å². The van der Waals surface area contributed by atoms with Gasteiger partial charge in [-0.25, -0.2) is 0 Å². The van der Waals surface area contributed by atoms with Crippen LogP contribution in [0.25, 0.3) is 0 Å². The summed E-state index contributed by atoms with van der Waals surface area (Å²) in [5.74, 6) is -2.48. The summed E-state index contributed by atoms with van der Waals surface area (Å²) in [5, 5.41) is 3.76. The van der Waals surface area contributed by atoms with Crippen LogP contribution in [0.3, 0.4) is 0 Å². The Morgan fingerprint density at radius 2 is 0.828 bits per heavy atom. The van der Waals surface area contributed by atoms with Crippen molar-refractivity contribution in [2.45, 2.75) is 90.6 Å². The van der Waals surface area contributed by atoms with Gasteiger partial charge >= 0.3 is 17.9 Å². The second-order valence-electron chi connectivity index (χ2n) is 20.7. The summed E-state index contributed by atoms with van der Waals surface area (Å²) in [6.45, 7) is 21.0. The van der Waals surface area contributed by atoms with Gasteiger partial charge in [0.15, 0.2) is 0 Å². The average molecular weight is 1220 g/mol. The molecular formula is C71H90N6O8P2. The number of hydrogen-bond donors (Lipinski definition) is 2. The zero-order chi connectivity index (χ0) is 62.4. The van der Waals surface area contributed by atoms with Crippen LogP contribution in [-0.2, 0) is 37.7 Å². The van der Waals surface area contributed by atoms with E-state index in [4.69, 9.17) is 19.9 Å². The molecule has 2 saturated heterocycles. The molecule has 0 amide bonds. The molecule has 7 aromatic carbocycles. The number of esters is 3. The van der Waals surface area contributed by atoms with E-state index in [1.54, 1.807) is 6.92 Å². The number of nitrogens with two attached hydrogens (primary N) is 1. The fourth-order valence-electron chi connectivity index (χ4n) is 11.0. The molecule has 0 spiro atoms. The summed E-state index contributed by atoms with van der Waals surface area (Å²) >= 11 is 0. The van der Waals surface area contributed by atoms with Crippen molar-refractivity contribution in [1.29, 1.82) is 0 Å².